The molecule has 0 heterocycles. The Morgan fingerprint density at radius 2 is 1.81 bits per heavy atom. The second kappa shape index (κ2) is 6.74. The highest BCUT2D eigenvalue weighted by molar-refractivity contribution is 5.78. The quantitative estimate of drug-likeness (QED) is 0.844. The number of nitrogens with one attached hydrogen (secondary N) is 1. The largest absolute Gasteiger partial charge is 0.481 e. The molecular weight excluding hydrogens is 266 g/mol. The molecule has 2 rings (SSSR count). The lowest BCUT2D eigenvalue weighted by atomic mass is 9.79. The molecule has 2 N–H and O–H groups in total. The van der Waals surface area contributed by atoms with Crippen LogP contribution in [0.25, 0.3) is 0 Å². The van der Waals surface area contributed by atoms with Gasteiger partial charge < -0.3 is 10.4 Å². The van der Waals surface area contributed by atoms with E-state index in [4.69, 9.17) is 5.11 Å². The van der Waals surface area contributed by atoms with Gasteiger partial charge in [-0.15, -0.1) is 0 Å². The number of hydrogen-bond donors (Lipinski definition) is 2. The summed E-state index contributed by atoms with van der Waals surface area (Å²) >= 11 is 0. The molecule has 1 saturated carbocycles. The summed E-state index contributed by atoms with van der Waals surface area (Å²) in [7, 11) is 0. The highest BCUT2D eigenvalue weighted by Crippen LogP contribution is 2.44. The van der Waals surface area contributed by atoms with Gasteiger partial charge in [-0.1, -0.05) is 43.2 Å². The van der Waals surface area contributed by atoms with Gasteiger partial charge in [0.25, 0.3) is 0 Å². The third-order valence-electron chi connectivity index (χ3n) is 4.40. The third kappa shape index (κ3) is 4.31. The van der Waals surface area contributed by atoms with Crippen LogP contribution in [0.1, 0.15) is 57.1 Å². The lowest BCUT2D eigenvalue weighted by Crippen LogP contribution is -2.33. The van der Waals surface area contributed by atoms with Crippen LogP contribution in [0.15, 0.2) is 30.3 Å². The van der Waals surface area contributed by atoms with Crippen molar-refractivity contribution < 1.29 is 14.7 Å². The maximum absolute atomic E-state index is 12.3. The zero-order chi connectivity index (χ0) is 15.3. The first kappa shape index (κ1) is 15.5. The molecule has 1 atom stereocenters. The fraction of sp³-hybridized carbons (Fsp3) is 0.529. The lowest BCUT2D eigenvalue weighted by Gasteiger charge is -2.27. The summed E-state index contributed by atoms with van der Waals surface area (Å²) in [5, 5.41) is 12.1. The van der Waals surface area contributed by atoms with Crippen molar-refractivity contribution in [2.24, 2.45) is 5.41 Å². The van der Waals surface area contributed by atoms with Crippen molar-refractivity contribution in [3.63, 3.8) is 0 Å². The molecule has 0 unspecified atom stereocenters. The third-order valence-corrected chi connectivity index (χ3v) is 4.40. The first-order valence-electron chi connectivity index (χ1n) is 7.57. The Morgan fingerprint density at radius 1 is 1.19 bits per heavy atom. The van der Waals surface area contributed by atoms with E-state index in [1.54, 1.807) is 0 Å². The maximum Gasteiger partial charge on any atom is 0.303 e. The molecule has 4 nitrogen and oxygen atoms in total. The Balaban J connectivity index is 1.95. The zero-order valence-electron chi connectivity index (χ0n) is 12.5. The number of hydrogen-bond acceptors (Lipinski definition) is 2. The molecule has 0 saturated heterocycles. The monoisotopic (exact) mass is 289 g/mol. The lowest BCUT2D eigenvalue weighted by molar-refractivity contribution is -0.140. The van der Waals surface area contributed by atoms with Crippen molar-refractivity contribution in [2.75, 3.05) is 0 Å². The highest BCUT2D eigenvalue weighted by Gasteiger charge is 2.38. The normalized spacial score (nSPS) is 18.1. The van der Waals surface area contributed by atoms with Crippen molar-refractivity contribution in [2.45, 2.75) is 51.5 Å². The molecule has 1 amide bonds. The SMILES string of the molecule is C[C@@H](NC(=O)CC1(CC(=O)O)CCCC1)c1ccccc1. The minimum Gasteiger partial charge on any atom is -0.481 e. The average molecular weight is 289 g/mol. The second-order valence-corrected chi connectivity index (χ2v) is 6.15. The van der Waals surface area contributed by atoms with E-state index in [-0.39, 0.29) is 23.8 Å². The second-order valence-electron chi connectivity index (χ2n) is 6.15. The fourth-order valence-corrected chi connectivity index (χ4v) is 3.32. The number of benzene rings is 1. The van der Waals surface area contributed by atoms with Crippen LogP contribution in [-0.2, 0) is 9.59 Å². The van der Waals surface area contributed by atoms with Gasteiger partial charge in [-0.3, -0.25) is 9.59 Å². The summed E-state index contributed by atoms with van der Waals surface area (Å²) < 4.78 is 0. The zero-order valence-corrected chi connectivity index (χ0v) is 12.5. The van der Waals surface area contributed by atoms with Gasteiger partial charge in [-0.05, 0) is 30.7 Å². The van der Waals surface area contributed by atoms with E-state index in [2.05, 4.69) is 5.32 Å². The van der Waals surface area contributed by atoms with E-state index in [1.165, 1.54) is 0 Å². The minimum absolute atomic E-state index is 0.0468. The molecule has 21 heavy (non-hydrogen) atoms. The summed E-state index contributed by atoms with van der Waals surface area (Å²) in [5.74, 6) is -0.852. The van der Waals surface area contributed by atoms with Gasteiger partial charge in [-0.25, -0.2) is 0 Å². The minimum atomic E-state index is -0.805. The van der Waals surface area contributed by atoms with Gasteiger partial charge >= 0.3 is 5.97 Å². The Kier molecular flexibility index (Phi) is 4.99. The molecule has 114 valence electrons. The van der Waals surface area contributed by atoms with Crippen molar-refractivity contribution in [1.29, 1.82) is 0 Å². The van der Waals surface area contributed by atoms with E-state index in [0.717, 1.165) is 31.2 Å². The molecule has 0 bridgehead atoms. The molecule has 4 heteroatoms. The van der Waals surface area contributed by atoms with Crippen molar-refractivity contribution >= 4 is 11.9 Å². The molecule has 0 aliphatic heterocycles. The van der Waals surface area contributed by atoms with E-state index < -0.39 is 5.97 Å². The molecule has 1 aliphatic carbocycles. The van der Waals surface area contributed by atoms with Crippen LogP contribution in [0.3, 0.4) is 0 Å². The summed E-state index contributed by atoms with van der Waals surface area (Å²) in [6.07, 6.45) is 4.14. The molecule has 0 radical (unpaired) electrons. The number of carboxylic acid groups (broad SMARTS) is 1. The summed E-state index contributed by atoms with van der Waals surface area (Å²) in [6, 6.07) is 9.74. The van der Waals surface area contributed by atoms with Crippen LogP contribution >= 0.6 is 0 Å². The van der Waals surface area contributed by atoms with Crippen LogP contribution in [0.4, 0.5) is 0 Å². The summed E-state index contributed by atoms with van der Waals surface area (Å²) in [5.41, 5.74) is 0.719. The topological polar surface area (TPSA) is 66.4 Å². The van der Waals surface area contributed by atoms with Gasteiger partial charge in [-0.2, -0.15) is 0 Å². The van der Waals surface area contributed by atoms with Crippen LogP contribution in [0, 0.1) is 5.41 Å². The van der Waals surface area contributed by atoms with Gasteiger partial charge in [0.05, 0.1) is 12.5 Å². The fourth-order valence-electron chi connectivity index (χ4n) is 3.32. The summed E-state index contributed by atoms with van der Waals surface area (Å²) in [4.78, 5) is 23.3. The van der Waals surface area contributed by atoms with Crippen molar-refractivity contribution in [3.8, 4) is 0 Å². The number of rotatable bonds is 6. The number of carbonyl (C=O) groups is 2. The van der Waals surface area contributed by atoms with Gasteiger partial charge in [0, 0.05) is 6.42 Å². The van der Waals surface area contributed by atoms with Gasteiger partial charge in [0.2, 0.25) is 5.91 Å². The number of amides is 1. The first-order chi connectivity index (χ1) is 10.0. The number of carbonyl (C=O) groups excluding carboxylic acids is 1. The highest BCUT2D eigenvalue weighted by atomic mass is 16.4. The molecular formula is C17H23NO3. The summed E-state index contributed by atoms with van der Waals surface area (Å²) in [6.45, 7) is 1.95. The van der Waals surface area contributed by atoms with E-state index >= 15 is 0 Å². The Hall–Kier alpha value is -1.84. The standard InChI is InChI=1S/C17H23NO3/c1-13(14-7-3-2-4-8-14)18-15(19)11-17(12-16(20)21)9-5-6-10-17/h2-4,7-8,13H,5-6,9-12H2,1H3,(H,18,19)(H,20,21)/t13-/m1/s1. The maximum atomic E-state index is 12.3. The van der Waals surface area contributed by atoms with Crippen LogP contribution in [0.5, 0.6) is 0 Å². The van der Waals surface area contributed by atoms with E-state index in [1.807, 2.05) is 37.3 Å². The number of aliphatic carboxylic acids is 1. The van der Waals surface area contributed by atoms with Crippen LogP contribution in [0.2, 0.25) is 0 Å². The van der Waals surface area contributed by atoms with Crippen LogP contribution in [-0.4, -0.2) is 17.0 Å². The Labute approximate surface area is 125 Å². The van der Waals surface area contributed by atoms with Crippen LogP contribution < -0.4 is 5.32 Å². The molecule has 1 fully saturated rings. The molecule has 0 aromatic heterocycles. The van der Waals surface area contributed by atoms with Crippen molar-refractivity contribution in [3.05, 3.63) is 35.9 Å². The smallest absolute Gasteiger partial charge is 0.303 e. The van der Waals surface area contributed by atoms with E-state index in [0.29, 0.717) is 6.42 Å². The molecule has 0 spiro atoms. The predicted molar refractivity (Wildman–Crippen MR) is 80.8 cm³/mol. The van der Waals surface area contributed by atoms with Crippen molar-refractivity contribution in [1.82, 2.24) is 5.32 Å². The Morgan fingerprint density at radius 3 is 2.38 bits per heavy atom. The predicted octanol–water partition coefficient (Wildman–Crippen LogP) is 3.29. The number of carboxylic acids is 1. The molecule has 1 aromatic rings. The van der Waals surface area contributed by atoms with Gasteiger partial charge in [0.1, 0.15) is 0 Å². The Bertz CT molecular complexity index is 492. The molecule has 1 aromatic carbocycles. The van der Waals surface area contributed by atoms with Gasteiger partial charge in [0.15, 0.2) is 0 Å². The average Bonchev–Trinajstić information content (AvgIpc) is 2.86. The first-order valence-corrected chi connectivity index (χ1v) is 7.57. The molecule has 1 aliphatic rings. The van der Waals surface area contributed by atoms with E-state index in [9.17, 15) is 9.59 Å².